The van der Waals surface area contributed by atoms with Gasteiger partial charge >= 0.3 is 0 Å². The Bertz CT molecular complexity index is 241. The predicted molar refractivity (Wildman–Crippen MR) is 54.6 cm³/mol. The number of aliphatic hydroxyl groups excluding tert-OH is 1. The molecule has 3 fully saturated rings. The number of hydrogen-bond donors (Lipinski definition) is 3. The Morgan fingerprint density at radius 1 is 1.36 bits per heavy atom. The van der Waals surface area contributed by atoms with Crippen molar-refractivity contribution in [3.8, 4) is 0 Å². The zero-order valence-electron chi connectivity index (χ0n) is 9.03. The second-order valence-corrected chi connectivity index (χ2v) is 5.59. The van der Waals surface area contributed by atoms with Crippen LogP contribution in [0.15, 0.2) is 0 Å². The summed E-state index contributed by atoms with van der Waals surface area (Å²) in [5.41, 5.74) is 4.76. The van der Waals surface area contributed by atoms with Crippen molar-refractivity contribution in [1.29, 1.82) is 0 Å². The summed E-state index contributed by atoms with van der Waals surface area (Å²) < 4.78 is 0. The van der Waals surface area contributed by atoms with E-state index in [9.17, 15) is 10.2 Å². The number of nitrogens with two attached hydrogens (primary N) is 1. The molecule has 0 aromatic heterocycles. The Hall–Kier alpha value is -0.120. The van der Waals surface area contributed by atoms with Crippen LogP contribution in [0.2, 0.25) is 0 Å². The van der Waals surface area contributed by atoms with Crippen LogP contribution in [0.4, 0.5) is 0 Å². The van der Waals surface area contributed by atoms with E-state index in [0.717, 1.165) is 12.8 Å². The predicted octanol–water partition coefficient (Wildman–Crippen LogP) is 0.493. The lowest BCUT2D eigenvalue weighted by Crippen LogP contribution is -2.68. The van der Waals surface area contributed by atoms with Gasteiger partial charge in [-0.25, -0.2) is 0 Å². The molecule has 3 heteroatoms. The third kappa shape index (κ3) is 1.09. The van der Waals surface area contributed by atoms with Gasteiger partial charge in [-0.2, -0.15) is 0 Å². The summed E-state index contributed by atoms with van der Waals surface area (Å²) in [6, 6.07) is 0. The van der Waals surface area contributed by atoms with Crippen LogP contribution < -0.4 is 5.73 Å². The Balaban J connectivity index is 2.22. The number of hydrogen-bond acceptors (Lipinski definition) is 3. The van der Waals surface area contributed by atoms with E-state index in [1.54, 1.807) is 0 Å². The summed E-state index contributed by atoms with van der Waals surface area (Å²) in [5.74, 6) is 0.813. The summed E-state index contributed by atoms with van der Waals surface area (Å²) in [5, 5.41) is 20.3. The highest BCUT2D eigenvalue weighted by molar-refractivity contribution is 5.13. The van der Waals surface area contributed by atoms with Gasteiger partial charge in [0.25, 0.3) is 0 Å². The van der Waals surface area contributed by atoms with Crippen molar-refractivity contribution in [1.82, 2.24) is 0 Å². The van der Waals surface area contributed by atoms with Crippen LogP contribution in [0.5, 0.6) is 0 Å². The van der Waals surface area contributed by atoms with E-state index in [0.29, 0.717) is 18.9 Å². The van der Waals surface area contributed by atoms with E-state index in [1.807, 2.05) is 0 Å². The second kappa shape index (κ2) is 2.94. The molecule has 0 unspecified atom stereocenters. The van der Waals surface area contributed by atoms with Crippen molar-refractivity contribution < 1.29 is 10.2 Å². The average molecular weight is 199 g/mol. The molecule has 3 saturated carbocycles. The summed E-state index contributed by atoms with van der Waals surface area (Å²) in [6.45, 7) is 4.84. The minimum absolute atomic E-state index is 0.184. The van der Waals surface area contributed by atoms with Gasteiger partial charge in [0.1, 0.15) is 0 Å². The standard InChI is InChI=1S/C11H21NO2/c1-10(2)7-5-8(10)11(14,3-4-12)9(13)6-7/h7-9,13-14H,3-6,12H2,1-2H3/t7-,8-,9+,11-/m0/s1. The SMILES string of the molecule is CC1(C)[C@@H]2C[C@@H](O)[C@](O)(CCN)[C@H]1C2. The average Bonchev–Trinajstić information content (AvgIpc) is 2.09. The van der Waals surface area contributed by atoms with Crippen molar-refractivity contribution in [3.05, 3.63) is 0 Å². The van der Waals surface area contributed by atoms with E-state index >= 15 is 0 Å². The molecule has 0 aromatic rings. The largest absolute Gasteiger partial charge is 0.390 e. The smallest absolute Gasteiger partial charge is 0.0950 e. The van der Waals surface area contributed by atoms with Crippen LogP contribution in [0, 0.1) is 17.3 Å². The maximum absolute atomic E-state index is 10.5. The molecule has 0 heterocycles. The van der Waals surface area contributed by atoms with E-state index in [2.05, 4.69) is 13.8 Å². The third-order valence-electron chi connectivity index (χ3n) is 4.70. The van der Waals surface area contributed by atoms with Gasteiger partial charge in [0.05, 0.1) is 11.7 Å². The number of rotatable bonds is 2. The molecule has 4 N–H and O–H groups in total. The lowest BCUT2D eigenvalue weighted by atomic mass is 9.43. The summed E-state index contributed by atoms with van der Waals surface area (Å²) >= 11 is 0. The summed E-state index contributed by atoms with van der Waals surface area (Å²) in [7, 11) is 0. The normalized spacial score (nSPS) is 49.9. The molecular weight excluding hydrogens is 178 g/mol. The first-order valence-corrected chi connectivity index (χ1v) is 5.53. The van der Waals surface area contributed by atoms with Gasteiger partial charge in [-0.1, -0.05) is 13.8 Å². The molecule has 3 rings (SSSR count). The second-order valence-electron chi connectivity index (χ2n) is 5.59. The Morgan fingerprint density at radius 2 is 2.00 bits per heavy atom. The Kier molecular flexibility index (Phi) is 2.18. The van der Waals surface area contributed by atoms with Crippen LogP contribution >= 0.6 is 0 Å². The van der Waals surface area contributed by atoms with Crippen molar-refractivity contribution >= 4 is 0 Å². The number of fused-ring (bicyclic) bond motifs is 2. The van der Waals surface area contributed by atoms with Crippen molar-refractivity contribution in [2.45, 2.75) is 44.8 Å². The van der Waals surface area contributed by atoms with Gasteiger partial charge in [-0.05, 0) is 43.1 Å². The Labute approximate surface area is 85.3 Å². The van der Waals surface area contributed by atoms with Crippen molar-refractivity contribution in [2.75, 3.05) is 6.54 Å². The maximum Gasteiger partial charge on any atom is 0.0950 e. The molecule has 0 radical (unpaired) electrons. The monoisotopic (exact) mass is 199 g/mol. The van der Waals surface area contributed by atoms with E-state index in [1.165, 1.54) is 0 Å². The first-order chi connectivity index (χ1) is 6.43. The number of aliphatic hydroxyl groups is 2. The highest BCUT2D eigenvalue weighted by Gasteiger charge is 2.63. The quantitative estimate of drug-likeness (QED) is 0.606. The molecule has 2 bridgehead atoms. The van der Waals surface area contributed by atoms with Crippen molar-refractivity contribution in [3.63, 3.8) is 0 Å². The van der Waals surface area contributed by atoms with Crippen LogP contribution in [-0.2, 0) is 0 Å². The highest BCUT2D eigenvalue weighted by atomic mass is 16.3. The maximum atomic E-state index is 10.5. The van der Waals surface area contributed by atoms with Gasteiger partial charge in [-0.3, -0.25) is 0 Å². The summed E-state index contributed by atoms with van der Waals surface area (Å²) in [4.78, 5) is 0. The van der Waals surface area contributed by atoms with E-state index in [4.69, 9.17) is 5.73 Å². The first-order valence-electron chi connectivity index (χ1n) is 5.53. The van der Waals surface area contributed by atoms with Crippen LogP contribution in [0.1, 0.15) is 33.1 Å². The zero-order valence-corrected chi connectivity index (χ0v) is 9.03. The van der Waals surface area contributed by atoms with Crippen LogP contribution in [0.25, 0.3) is 0 Å². The Morgan fingerprint density at radius 3 is 2.50 bits per heavy atom. The molecular formula is C11H21NO2. The molecule has 82 valence electrons. The third-order valence-corrected chi connectivity index (χ3v) is 4.70. The van der Waals surface area contributed by atoms with E-state index in [-0.39, 0.29) is 11.3 Å². The summed E-state index contributed by atoms with van der Waals surface area (Å²) in [6.07, 6.45) is 1.75. The minimum Gasteiger partial charge on any atom is -0.390 e. The molecule has 0 aliphatic heterocycles. The molecule has 0 spiro atoms. The topological polar surface area (TPSA) is 66.5 Å². The molecule has 3 aliphatic rings. The molecule has 0 amide bonds. The lowest BCUT2D eigenvalue weighted by molar-refractivity contribution is -0.254. The van der Waals surface area contributed by atoms with Gasteiger partial charge in [0.2, 0.25) is 0 Å². The van der Waals surface area contributed by atoms with Crippen LogP contribution in [-0.4, -0.2) is 28.5 Å². The molecule has 0 aromatic carbocycles. The molecule has 14 heavy (non-hydrogen) atoms. The molecule has 3 nitrogen and oxygen atoms in total. The molecule has 4 atom stereocenters. The van der Waals surface area contributed by atoms with E-state index < -0.39 is 11.7 Å². The van der Waals surface area contributed by atoms with Crippen molar-refractivity contribution in [2.24, 2.45) is 23.0 Å². The van der Waals surface area contributed by atoms with Gasteiger partial charge < -0.3 is 15.9 Å². The fourth-order valence-corrected chi connectivity index (χ4v) is 3.54. The minimum atomic E-state index is -0.924. The van der Waals surface area contributed by atoms with Gasteiger partial charge in [-0.15, -0.1) is 0 Å². The first kappa shape index (κ1) is 10.4. The zero-order chi connectivity index (χ0) is 10.6. The van der Waals surface area contributed by atoms with Gasteiger partial charge in [0, 0.05) is 0 Å². The lowest BCUT2D eigenvalue weighted by Gasteiger charge is -2.65. The molecule has 0 saturated heterocycles. The molecule has 3 aliphatic carbocycles. The highest BCUT2D eigenvalue weighted by Crippen LogP contribution is 2.63. The van der Waals surface area contributed by atoms with Crippen LogP contribution in [0.3, 0.4) is 0 Å². The fourth-order valence-electron chi connectivity index (χ4n) is 3.54. The fraction of sp³-hybridized carbons (Fsp3) is 1.00. The van der Waals surface area contributed by atoms with Gasteiger partial charge in [0.15, 0.2) is 0 Å².